The van der Waals surface area contributed by atoms with E-state index in [9.17, 15) is 9.59 Å². The molecule has 0 fully saturated rings. The Hall–Kier alpha value is -2.01. The summed E-state index contributed by atoms with van der Waals surface area (Å²) < 4.78 is 0. The monoisotopic (exact) mass is 408 g/mol. The van der Waals surface area contributed by atoms with Crippen LogP contribution < -0.4 is 9.80 Å². The summed E-state index contributed by atoms with van der Waals surface area (Å²) in [6, 6.07) is 12.4. The highest BCUT2D eigenvalue weighted by atomic mass is 35.5. The SMILES string of the molecule is CCN(C1=C(Cl)C(=O)N(c2cccc(Cl)c2Cl)C1=O)c1cccc(C)c1. The van der Waals surface area contributed by atoms with Crippen molar-refractivity contribution in [2.45, 2.75) is 13.8 Å². The van der Waals surface area contributed by atoms with Crippen molar-refractivity contribution in [3.8, 4) is 0 Å². The van der Waals surface area contributed by atoms with Crippen molar-refractivity contribution < 1.29 is 9.59 Å². The minimum atomic E-state index is -0.623. The molecule has 7 heteroatoms. The van der Waals surface area contributed by atoms with E-state index in [1.54, 1.807) is 23.1 Å². The molecule has 2 amide bonds. The molecule has 0 spiro atoms. The minimum Gasteiger partial charge on any atom is -0.336 e. The number of amides is 2. The molecule has 0 atom stereocenters. The van der Waals surface area contributed by atoms with Crippen LogP contribution in [0.3, 0.4) is 0 Å². The predicted octanol–water partition coefficient (Wildman–Crippen LogP) is 5.15. The van der Waals surface area contributed by atoms with Crippen molar-refractivity contribution in [3.63, 3.8) is 0 Å². The first kappa shape index (κ1) is 18.8. The van der Waals surface area contributed by atoms with Crippen LogP contribution in [0.4, 0.5) is 11.4 Å². The second-order valence-corrected chi connectivity index (χ2v) is 6.93. The van der Waals surface area contributed by atoms with Crippen LogP contribution in [0, 0.1) is 6.92 Å². The number of anilines is 2. The highest BCUT2D eigenvalue weighted by Crippen LogP contribution is 2.39. The molecule has 0 aliphatic carbocycles. The van der Waals surface area contributed by atoms with Crippen LogP contribution in [-0.2, 0) is 9.59 Å². The van der Waals surface area contributed by atoms with Gasteiger partial charge in [-0.15, -0.1) is 0 Å². The van der Waals surface area contributed by atoms with Gasteiger partial charge in [-0.1, -0.05) is 53.0 Å². The van der Waals surface area contributed by atoms with Crippen molar-refractivity contribution in [2.75, 3.05) is 16.3 Å². The number of hydrogen-bond acceptors (Lipinski definition) is 3. The summed E-state index contributed by atoms with van der Waals surface area (Å²) in [7, 11) is 0. The van der Waals surface area contributed by atoms with Gasteiger partial charge in [-0.25, -0.2) is 4.90 Å². The fourth-order valence-electron chi connectivity index (χ4n) is 2.87. The average Bonchev–Trinajstić information content (AvgIpc) is 2.82. The topological polar surface area (TPSA) is 40.6 Å². The van der Waals surface area contributed by atoms with Crippen LogP contribution in [0.2, 0.25) is 10.0 Å². The van der Waals surface area contributed by atoms with Gasteiger partial charge < -0.3 is 4.90 Å². The summed E-state index contributed by atoms with van der Waals surface area (Å²) in [6.45, 7) is 4.30. The number of hydrogen-bond donors (Lipinski definition) is 0. The van der Waals surface area contributed by atoms with Gasteiger partial charge in [0.25, 0.3) is 11.8 Å². The first-order valence-electron chi connectivity index (χ1n) is 7.93. The molecule has 0 unspecified atom stereocenters. The molecule has 2 aromatic rings. The van der Waals surface area contributed by atoms with E-state index in [0.717, 1.165) is 16.2 Å². The molecule has 0 aromatic heterocycles. The van der Waals surface area contributed by atoms with Gasteiger partial charge in [0.15, 0.2) is 0 Å². The Kier molecular flexibility index (Phi) is 5.28. The zero-order valence-corrected chi connectivity index (χ0v) is 16.4. The lowest BCUT2D eigenvalue weighted by Crippen LogP contribution is -2.35. The molecule has 3 rings (SSSR count). The Bertz CT molecular complexity index is 940. The Morgan fingerprint density at radius 3 is 2.35 bits per heavy atom. The molecular formula is C19H15Cl3N2O2. The highest BCUT2D eigenvalue weighted by molar-refractivity contribution is 6.54. The maximum Gasteiger partial charge on any atom is 0.283 e. The summed E-state index contributed by atoms with van der Waals surface area (Å²) >= 11 is 18.5. The van der Waals surface area contributed by atoms with Gasteiger partial charge >= 0.3 is 0 Å². The maximum absolute atomic E-state index is 13.1. The van der Waals surface area contributed by atoms with Crippen LogP contribution in [0.1, 0.15) is 12.5 Å². The van der Waals surface area contributed by atoms with Crippen molar-refractivity contribution in [2.24, 2.45) is 0 Å². The van der Waals surface area contributed by atoms with E-state index in [2.05, 4.69) is 0 Å². The van der Waals surface area contributed by atoms with Crippen LogP contribution in [0.15, 0.2) is 53.2 Å². The number of benzene rings is 2. The van der Waals surface area contributed by atoms with Gasteiger partial charge in [0, 0.05) is 12.2 Å². The number of halogens is 3. The number of aryl methyl sites for hydroxylation is 1. The van der Waals surface area contributed by atoms with Crippen LogP contribution in [0.25, 0.3) is 0 Å². The summed E-state index contributed by atoms with van der Waals surface area (Å²) in [5.74, 6) is -1.16. The van der Waals surface area contributed by atoms with Gasteiger partial charge in [-0.2, -0.15) is 0 Å². The number of nitrogens with zero attached hydrogens (tertiary/aromatic N) is 2. The number of carbonyl (C=O) groups is 2. The third kappa shape index (κ3) is 3.09. The fourth-order valence-corrected chi connectivity index (χ4v) is 3.52. The number of likely N-dealkylation sites (N-methyl/N-ethyl adjacent to an activating group) is 1. The van der Waals surface area contributed by atoms with Gasteiger partial charge in [0.1, 0.15) is 10.7 Å². The second kappa shape index (κ2) is 7.31. The van der Waals surface area contributed by atoms with Gasteiger partial charge in [0.05, 0.1) is 15.7 Å². The van der Waals surface area contributed by atoms with Crippen LogP contribution in [0.5, 0.6) is 0 Å². The Morgan fingerprint density at radius 2 is 1.69 bits per heavy atom. The smallest absolute Gasteiger partial charge is 0.283 e. The average molecular weight is 410 g/mol. The Balaban J connectivity index is 2.07. The standard InChI is InChI=1S/C19H15Cl3N2O2/c1-3-23(12-7-4-6-11(2)10-12)17-16(22)18(25)24(19(17)26)14-9-5-8-13(20)15(14)21/h4-10H,3H2,1-2H3. The van der Waals surface area contributed by atoms with Gasteiger partial charge in [-0.3, -0.25) is 9.59 Å². The summed E-state index contributed by atoms with van der Waals surface area (Å²) in [6.07, 6.45) is 0. The Labute approximate surface area is 166 Å². The Morgan fingerprint density at radius 1 is 1.00 bits per heavy atom. The van der Waals surface area contributed by atoms with E-state index >= 15 is 0 Å². The third-order valence-electron chi connectivity index (χ3n) is 4.08. The van der Waals surface area contributed by atoms with Crippen LogP contribution in [-0.4, -0.2) is 18.4 Å². The van der Waals surface area contributed by atoms with Gasteiger partial charge in [-0.05, 0) is 43.7 Å². The molecule has 134 valence electrons. The highest BCUT2D eigenvalue weighted by Gasteiger charge is 2.42. The molecule has 0 bridgehead atoms. The van der Waals surface area contributed by atoms with E-state index in [0.29, 0.717) is 6.54 Å². The molecule has 1 aliphatic rings. The zero-order valence-electron chi connectivity index (χ0n) is 14.1. The molecule has 4 nitrogen and oxygen atoms in total. The maximum atomic E-state index is 13.1. The van der Waals surface area contributed by atoms with E-state index < -0.39 is 11.8 Å². The lowest BCUT2D eigenvalue weighted by molar-refractivity contribution is -0.120. The third-order valence-corrected chi connectivity index (χ3v) is 5.23. The van der Waals surface area contributed by atoms with Crippen molar-refractivity contribution in [3.05, 3.63) is 68.8 Å². The molecular weight excluding hydrogens is 395 g/mol. The van der Waals surface area contributed by atoms with Crippen molar-refractivity contribution >= 4 is 58.0 Å². The van der Waals surface area contributed by atoms with E-state index in [-0.39, 0.29) is 26.5 Å². The second-order valence-electron chi connectivity index (χ2n) is 5.76. The fraction of sp³-hybridized carbons (Fsp3) is 0.158. The lowest BCUT2D eigenvalue weighted by Gasteiger charge is -2.25. The quantitative estimate of drug-likeness (QED) is 0.656. The lowest BCUT2D eigenvalue weighted by atomic mass is 10.2. The number of imide groups is 1. The van der Waals surface area contributed by atoms with Crippen molar-refractivity contribution in [1.82, 2.24) is 0 Å². The summed E-state index contributed by atoms with van der Waals surface area (Å²) in [5, 5.41) is 0.231. The van der Waals surface area contributed by atoms with E-state index in [4.69, 9.17) is 34.8 Å². The number of rotatable bonds is 4. The zero-order chi connectivity index (χ0) is 19.0. The van der Waals surface area contributed by atoms with Gasteiger partial charge in [0.2, 0.25) is 0 Å². The number of carbonyl (C=O) groups excluding carboxylic acids is 2. The van der Waals surface area contributed by atoms with Crippen LogP contribution >= 0.6 is 34.8 Å². The molecule has 0 N–H and O–H groups in total. The van der Waals surface area contributed by atoms with E-state index in [1.165, 1.54) is 0 Å². The molecule has 0 saturated heterocycles. The predicted molar refractivity (Wildman–Crippen MR) is 106 cm³/mol. The summed E-state index contributed by atoms with van der Waals surface area (Å²) in [4.78, 5) is 28.4. The van der Waals surface area contributed by atoms with E-state index in [1.807, 2.05) is 38.1 Å². The minimum absolute atomic E-state index is 0.125. The summed E-state index contributed by atoms with van der Waals surface area (Å²) in [5.41, 5.74) is 2.15. The van der Waals surface area contributed by atoms with Crippen molar-refractivity contribution in [1.29, 1.82) is 0 Å². The molecule has 1 aliphatic heterocycles. The molecule has 2 aromatic carbocycles. The first-order valence-corrected chi connectivity index (χ1v) is 9.07. The largest absolute Gasteiger partial charge is 0.336 e. The molecule has 26 heavy (non-hydrogen) atoms. The first-order chi connectivity index (χ1) is 12.4. The molecule has 1 heterocycles. The molecule has 0 radical (unpaired) electrons. The normalized spacial score (nSPS) is 14.4. The molecule has 0 saturated carbocycles.